The number of aryl methyl sites for hydroxylation is 1. The van der Waals surface area contributed by atoms with Crippen LogP contribution in [-0.2, 0) is 45.8 Å². The zero-order valence-electron chi connectivity index (χ0n) is 39.8. The second-order valence-corrected chi connectivity index (χ2v) is 18.2. The molecule has 2 aliphatic heterocycles. The topological polar surface area (TPSA) is 57.3 Å². The minimum Gasteiger partial charge on any atom is -0.489 e. The van der Waals surface area contributed by atoms with Crippen LogP contribution in [0.15, 0.2) is 194 Å². The van der Waals surface area contributed by atoms with Crippen molar-refractivity contribution in [3.05, 3.63) is 239 Å². The van der Waals surface area contributed by atoms with E-state index in [2.05, 4.69) is 160 Å². The summed E-state index contributed by atoms with van der Waals surface area (Å²) in [6, 6.07) is 67.5. The van der Waals surface area contributed by atoms with Gasteiger partial charge in [0.2, 0.25) is 0 Å². The van der Waals surface area contributed by atoms with E-state index in [1.54, 1.807) is 0 Å². The maximum atomic E-state index is 13.8. The van der Waals surface area contributed by atoms with E-state index in [4.69, 9.17) is 9.47 Å². The van der Waals surface area contributed by atoms with Crippen molar-refractivity contribution >= 4 is 5.91 Å². The molecule has 2 saturated heterocycles. The molecule has 0 atom stereocenters. The van der Waals surface area contributed by atoms with Crippen molar-refractivity contribution in [3.63, 3.8) is 0 Å². The molecule has 0 aliphatic carbocycles. The molecule has 0 radical (unpaired) electrons. The second kappa shape index (κ2) is 25.6. The number of likely N-dealkylation sites (tertiary alicyclic amines) is 2. The van der Waals surface area contributed by atoms with Crippen LogP contribution in [0.5, 0.6) is 11.5 Å². The number of hydrogen-bond acceptors (Lipinski definition) is 6. The quantitative estimate of drug-likeness (QED) is 0.0926. The van der Waals surface area contributed by atoms with E-state index in [1.807, 2.05) is 60.7 Å². The summed E-state index contributed by atoms with van der Waals surface area (Å²) in [7, 11) is 0. The molecule has 9 rings (SSSR count). The molecule has 2 heterocycles. The van der Waals surface area contributed by atoms with Gasteiger partial charge in [0.25, 0.3) is 5.91 Å². The molecule has 68 heavy (non-hydrogen) atoms. The molecule has 0 saturated carbocycles. The van der Waals surface area contributed by atoms with Crippen LogP contribution in [0.25, 0.3) is 0 Å². The summed E-state index contributed by atoms with van der Waals surface area (Å²) >= 11 is 0. The number of nitrogens with zero attached hydrogens (tertiary/aromatic N) is 3. The van der Waals surface area contributed by atoms with Crippen molar-refractivity contribution in [3.8, 4) is 11.5 Å². The van der Waals surface area contributed by atoms with Crippen LogP contribution in [0.1, 0.15) is 81.9 Å². The van der Waals surface area contributed by atoms with Gasteiger partial charge in [-0.3, -0.25) is 14.6 Å². The van der Waals surface area contributed by atoms with E-state index in [1.165, 1.54) is 53.7 Å². The Kier molecular flexibility index (Phi) is 18.0. The lowest BCUT2D eigenvalue weighted by Crippen LogP contribution is -2.46. The van der Waals surface area contributed by atoms with Crippen LogP contribution in [0.2, 0.25) is 0 Å². The third kappa shape index (κ3) is 15.0. The molecule has 0 bridgehead atoms. The maximum absolute atomic E-state index is 13.8. The summed E-state index contributed by atoms with van der Waals surface area (Å²) in [5.74, 6) is 1.88. The number of ether oxygens (including phenoxy) is 2. The Morgan fingerprint density at radius 3 is 1.35 bits per heavy atom. The summed E-state index contributed by atoms with van der Waals surface area (Å²) in [4.78, 5) is 21.0. The van der Waals surface area contributed by atoms with Crippen LogP contribution < -0.4 is 14.8 Å². The van der Waals surface area contributed by atoms with Gasteiger partial charge in [-0.05, 0) is 121 Å². The first-order valence-electron chi connectivity index (χ1n) is 24.7. The standard InChI is InChI=1S/C35H38N2O2.C26H30N2O/c1-2-28-13-17-32(18-14-28)35(38)37(33-21-23-36(24-22-33)25-29-9-5-3-6-10-29)26-30-15-19-34(20-16-30)39-27-31-11-7-4-8-12-31;1-3-7-23(8-4-1)20-28-17-15-25(16-18-28)27-19-22-11-13-26(14-12-22)29-21-24-9-5-2-6-10-24/h3-20,33H,2,21-27H2,1H3;1-14,25,27H,15-21H2. The largest absolute Gasteiger partial charge is 0.489 e. The lowest BCUT2D eigenvalue weighted by atomic mass is 9.99. The monoisotopic (exact) mass is 905 g/mol. The van der Waals surface area contributed by atoms with Crippen molar-refractivity contribution in [2.75, 3.05) is 26.2 Å². The number of hydrogen-bond donors (Lipinski definition) is 1. The van der Waals surface area contributed by atoms with Crippen LogP contribution >= 0.6 is 0 Å². The van der Waals surface area contributed by atoms with Gasteiger partial charge in [-0.2, -0.15) is 0 Å². The minimum atomic E-state index is 0.114. The first kappa shape index (κ1) is 48.0. The van der Waals surface area contributed by atoms with Crippen LogP contribution in [0.4, 0.5) is 0 Å². The lowest BCUT2D eigenvalue weighted by Gasteiger charge is -2.39. The van der Waals surface area contributed by atoms with E-state index >= 15 is 0 Å². The fraction of sp³-hybridized carbons (Fsp3) is 0.295. The molecule has 7 aromatic carbocycles. The Balaban J connectivity index is 0.000000192. The maximum Gasteiger partial charge on any atom is 0.254 e. The van der Waals surface area contributed by atoms with Gasteiger partial charge in [0.05, 0.1) is 0 Å². The predicted molar refractivity (Wildman–Crippen MR) is 276 cm³/mol. The molecule has 2 aliphatic rings. The molecule has 2 fully saturated rings. The van der Waals surface area contributed by atoms with Gasteiger partial charge < -0.3 is 19.7 Å². The van der Waals surface area contributed by atoms with E-state index in [-0.39, 0.29) is 11.9 Å². The van der Waals surface area contributed by atoms with Gasteiger partial charge in [-0.1, -0.05) is 165 Å². The average Bonchev–Trinajstić information content (AvgIpc) is 3.41. The minimum absolute atomic E-state index is 0.114. The third-order valence-electron chi connectivity index (χ3n) is 13.2. The van der Waals surface area contributed by atoms with Crippen molar-refractivity contribution in [1.82, 2.24) is 20.0 Å². The molecule has 7 heteroatoms. The Hall–Kier alpha value is -6.51. The Morgan fingerprint density at radius 2 is 0.897 bits per heavy atom. The summed E-state index contributed by atoms with van der Waals surface area (Å²) < 4.78 is 11.9. The SMILES string of the molecule is CCc1ccc(C(=O)N(Cc2ccc(OCc3ccccc3)cc2)C2CCN(Cc3ccccc3)CC2)cc1.c1ccc(COc2ccc(CNC3CCN(Cc4ccccc4)CC3)cc2)cc1. The fourth-order valence-electron chi connectivity index (χ4n) is 9.12. The average molecular weight is 905 g/mol. The predicted octanol–water partition coefficient (Wildman–Crippen LogP) is 12.2. The van der Waals surface area contributed by atoms with Crippen molar-refractivity contribution in [2.24, 2.45) is 0 Å². The summed E-state index contributed by atoms with van der Waals surface area (Å²) in [6.45, 7) is 11.1. The summed E-state index contributed by atoms with van der Waals surface area (Å²) in [5, 5.41) is 3.73. The van der Waals surface area contributed by atoms with Gasteiger partial charge >= 0.3 is 0 Å². The molecule has 0 unspecified atom stereocenters. The number of piperidine rings is 2. The summed E-state index contributed by atoms with van der Waals surface area (Å²) in [5.41, 5.74) is 9.53. The molecule has 7 nitrogen and oxygen atoms in total. The van der Waals surface area contributed by atoms with Crippen molar-refractivity contribution in [2.45, 2.75) is 90.5 Å². The number of benzene rings is 7. The smallest absolute Gasteiger partial charge is 0.254 e. The highest BCUT2D eigenvalue weighted by Gasteiger charge is 2.29. The Bertz CT molecular complexity index is 2490. The first-order valence-corrected chi connectivity index (χ1v) is 24.7. The fourth-order valence-corrected chi connectivity index (χ4v) is 9.12. The van der Waals surface area contributed by atoms with Gasteiger partial charge in [0.15, 0.2) is 0 Å². The van der Waals surface area contributed by atoms with E-state index in [9.17, 15) is 4.79 Å². The van der Waals surface area contributed by atoms with E-state index < -0.39 is 0 Å². The lowest BCUT2D eigenvalue weighted by molar-refractivity contribution is 0.0542. The number of nitrogens with one attached hydrogen (secondary N) is 1. The number of rotatable bonds is 18. The first-order chi connectivity index (χ1) is 33.5. The molecule has 0 aromatic heterocycles. The van der Waals surface area contributed by atoms with Gasteiger partial charge in [-0.15, -0.1) is 0 Å². The number of carbonyl (C=O) groups excluding carboxylic acids is 1. The molecular weight excluding hydrogens is 837 g/mol. The van der Waals surface area contributed by atoms with Gasteiger partial charge in [0, 0.05) is 56.9 Å². The van der Waals surface area contributed by atoms with Crippen molar-refractivity contribution < 1.29 is 14.3 Å². The molecule has 1 N–H and O–H groups in total. The molecule has 350 valence electrons. The van der Waals surface area contributed by atoms with Gasteiger partial charge in [-0.25, -0.2) is 0 Å². The number of carbonyl (C=O) groups is 1. The van der Waals surface area contributed by atoms with Crippen LogP contribution in [0, 0.1) is 0 Å². The zero-order chi connectivity index (χ0) is 46.6. The molecule has 0 spiro atoms. The number of amides is 1. The Labute approximate surface area is 405 Å². The zero-order valence-corrected chi connectivity index (χ0v) is 39.8. The Morgan fingerprint density at radius 1 is 0.485 bits per heavy atom. The highest BCUT2D eigenvalue weighted by molar-refractivity contribution is 5.94. The van der Waals surface area contributed by atoms with Gasteiger partial charge in [0.1, 0.15) is 24.7 Å². The molecule has 7 aromatic rings. The normalized spacial score (nSPS) is 14.7. The summed E-state index contributed by atoms with van der Waals surface area (Å²) in [6.07, 6.45) is 5.35. The molecular formula is C61H68N4O3. The van der Waals surface area contributed by atoms with Crippen LogP contribution in [0.3, 0.4) is 0 Å². The third-order valence-corrected chi connectivity index (χ3v) is 13.2. The van der Waals surface area contributed by atoms with Crippen molar-refractivity contribution in [1.29, 1.82) is 0 Å². The molecule has 1 amide bonds. The van der Waals surface area contributed by atoms with E-state index in [0.717, 1.165) is 80.2 Å². The van der Waals surface area contributed by atoms with E-state index in [0.29, 0.717) is 25.8 Å². The van der Waals surface area contributed by atoms with Crippen LogP contribution in [-0.4, -0.2) is 58.9 Å². The highest BCUT2D eigenvalue weighted by Crippen LogP contribution is 2.25. The second-order valence-electron chi connectivity index (χ2n) is 18.2. The highest BCUT2D eigenvalue weighted by atomic mass is 16.5.